The summed E-state index contributed by atoms with van der Waals surface area (Å²) in [6.07, 6.45) is 5.39. The van der Waals surface area contributed by atoms with Gasteiger partial charge in [0.15, 0.2) is 21.2 Å². The molecule has 0 bridgehead atoms. The van der Waals surface area contributed by atoms with Crippen LogP contribution in [0.2, 0.25) is 0 Å². The Morgan fingerprint density at radius 3 is 2.14 bits per heavy atom. The Balaban J connectivity index is 1.25. The molecule has 4 aliphatic rings. The number of nitrogens with one attached hydrogen (secondary N) is 1. The monoisotopic (exact) mass is 701 g/mol. The van der Waals surface area contributed by atoms with Crippen LogP contribution in [0.3, 0.4) is 0 Å². The number of carbonyl (C=O) groups excluding carboxylic acids is 4. The summed E-state index contributed by atoms with van der Waals surface area (Å²) < 4.78 is 10.6. The molecule has 2 saturated heterocycles. The molecule has 0 unspecified atom stereocenters. The lowest BCUT2D eigenvalue weighted by Crippen LogP contribution is -2.60. The van der Waals surface area contributed by atoms with Gasteiger partial charge in [-0.2, -0.15) is 0 Å². The molecule has 2 aliphatic carbocycles. The summed E-state index contributed by atoms with van der Waals surface area (Å²) in [5, 5.41) is 13.7. The number of phenolic OH excluding ortho intramolecular Hbond substituents is 1. The van der Waals surface area contributed by atoms with Gasteiger partial charge in [-0.05, 0) is 72.9 Å². The van der Waals surface area contributed by atoms with Crippen LogP contribution < -0.4 is 19.7 Å². The molecule has 2 aliphatic heterocycles. The third-order valence-electron chi connectivity index (χ3n) is 10.2. The van der Waals surface area contributed by atoms with E-state index in [9.17, 15) is 24.3 Å². The number of ether oxygens (including phenoxy) is 2. The highest BCUT2D eigenvalue weighted by molar-refractivity contribution is 6.53. The molecule has 12 heteroatoms. The Kier molecular flexibility index (Phi) is 7.99. The van der Waals surface area contributed by atoms with Gasteiger partial charge in [0.05, 0.1) is 31.7 Å². The number of halogens is 2. The quantitative estimate of drug-likeness (QED) is 0.178. The van der Waals surface area contributed by atoms with E-state index in [0.717, 1.165) is 16.3 Å². The van der Waals surface area contributed by atoms with Gasteiger partial charge in [-0.15, -0.1) is 23.2 Å². The van der Waals surface area contributed by atoms with Crippen LogP contribution in [0.1, 0.15) is 18.4 Å². The molecule has 3 aromatic rings. The van der Waals surface area contributed by atoms with Gasteiger partial charge >= 0.3 is 0 Å². The molecule has 49 heavy (non-hydrogen) atoms. The van der Waals surface area contributed by atoms with Gasteiger partial charge in [-0.25, -0.2) is 0 Å². The number of para-hydroxylation sites is 1. The van der Waals surface area contributed by atoms with E-state index in [4.69, 9.17) is 32.7 Å². The minimum Gasteiger partial charge on any atom is -0.502 e. The van der Waals surface area contributed by atoms with Gasteiger partial charge < -0.3 is 19.9 Å². The molecule has 2 N–H and O–H groups in total. The largest absolute Gasteiger partial charge is 0.502 e. The average molecular weight is 703 g/mol. The molecule has 3 fully saturated rings. The van der Waals surface area contributed by atoms with Crippen molar-refractivity contribution in [3.63, 3.8) is 0 Å². The molecule has 0 aromatic heterocycles. The molecule has 7 rings (SSSR count). The fourth-order valence-electron chi connectivity index (χ4n) is 7.85. The summed E-state index contributed by atoms with van der Waals surface area (Å²) in [6, 6.07) is 19.8. The number of imide groups is 2. The second-order valence-electron chi connectivity index (χ2n) is 12.7. The van der Waals surface area contributed by atoms with Crippen LogP contribution in [-0.2, 0) is 19.2 Å². The summed E-state index contributed by atoms with van der Waals surface area (Å²) >= 11 is 14.4. The minimum atomic E-state index is -1.90. The molecule has 6 atom stereocenters. The van der Waals surface area contributed by atoms with Crippen molar-refractivity contribution >= 4 is 70.0 Å². The predicted octanol–water partition coefficient (Wildman–Crippen LogP) is 5.89. The molecule has 0 spiro atoms. The van der Waals surface area contributed by atoms with Crippen molar-refractivity contribution in [2.24, 2.45) is 23.7 Å². The van der Waals surface area contributed by atoms with Crippen molar-refractivity contribution in [2.45, 2.75) is 22.6 Å². The van der Waals surface area contributed by atoms with Crippen molar-refractivity contribution in [2.75, 3.05) is 31.5 Å². The fraction of sp³-hybridized carbons (Fsp3) is 0.297. The molecule has 2 heterocycles. The minimum absolute atomic E-state index is 0.0992. The summed E-state index contributed by atoms with van der Waals surface area (Å²) in [7, 11) is 4.16. The van der Waals surface area contributed by atoms with Crippen molar-refractivity contribution in [3.8, 4) is 17.2 Å². The highest BCUT2D eigenvalue weighted by Crippen LogP contribution is 2.63. The number of alkyl halides is 2. The van der Waals surface area contributed by atoms with E-state index in [2.05, 4.69) is 5.32 Å². The van der Waals surface area contributed by atoms with Crippen LogP contribution >= 0.6 is 23.2 Å². The standard InChI is InChI=1S/C37H33Cl2N3O7/c1-41-34(46)36(38)19-26-24(27(37(36,39)35(41)47)16-9-20-17-28(48-2)31(43)29(18-20)49-3)14-15-25-30(26)33(45)42(32(25)44)23-12-10-22(11-13-23)40-21-7-5-4-6-8-21/h4-14,16-18,25-27,30,40,43H,15,19H2,1-3H3/t25-,26+,27-,30-,36+,37-/m0/s1. The van der Waals surface area contributed by atoms with Crippen molar-refractivity contribution in [1.82, 2.24) is 4.90 Å². The number of fused-ring (bicyclic) bond motifs is 4. The number of rotatable bonds is 7. The van der Waals surface area contributed by atoms with Crippen molar-refractivity contribution < 1.29 is 33.8 Å². The zero-order chi connectivity index (χ0) is 34.8. The lowest BCUT2D eigenvalue weighted by atomic mass is 9.57. The highest BCUT2D eigenvalue weighted by Gasteiger charge is 2.75. The lowest BCUT2D eigenvalue weighted by molar-refractivity contribution is -0.138. The molecule has 1 saturated carbocycles. The maximum atomic E-state index is 14.3. The number of hydrogen-bond acceptors (Lipinski definition) is 8. The average Bonchev–Trinajstić information content (AvgIpc) is 3.43. The van der Waals surface area contributed by atoms with Crippen LogP contribution in [0.5, 0.6) is 17.2 Å². The third kappa shape index (κ3) is 4.83. The maximum Gasteiger partial charge on any atom is 0.253 e. The van der Waals surface area contributed by atoms with Crippen LogP contribution in [0, 0.1) is 23.7 Å². The van der Waals surface area contributed by atoms with Crippen LogP contribution in [0.4, 0.5) is 17.1 Å². The molecule has 3 aromatic carbocycles. The SMILES string of the molecule is COc1cc(C=C[C@H]2C3=CC[C@@H]4C(=O)N(c5ccc(Nc6ccccc6)cc5)C(=O)[C@@H]4[C@@H]3C[C@@]3(Cl)C(=O)N(C)C(=O)[C@@]23Cl)cc(OC)c1O. The number of phenols is 1. The number of anilines is 3. The number of allylic oxidation sites excluding steroid dienone is 3. The summed E-state index contributed by atoms with van der Waals surface area (Å²) in [5.41, 5.74) is 3.34. The van der Waals surface area contributed by atoms with Gasteiger partial charge in [0.1, 0.15) is 0 Å². The number of amides is 4. The van der Waals surface area contributed by atoms with Crippen LogP contribution in [0.15, 0.2) is 84.5 Å². The molecular formula is C37H33Cl2N3O7. The Bertz CT molecular complexity index is 1920. The van der Waals surface area contributed by atoms with Gasteiger partial charge in [0.2, 0.25) is 17.6 Å². The third-order valence-corrected chi connectivity index (χ3v) is 11.7. The maximum absolute atomic E-state index is 14.3. The van der Waals surface area contributed by atoms with E-state index in [0.29, 0.717) is 16.8 Å². The molecule has 0 radical (unpaired) electrons. The topological polar surface area (TPSA) is 125 Å². The zero-order valence-electron chi connectivity index (χ0n) is 26.9. The Labute approximate surface area is 292 Å². The number of aromatic hydroxyl groups is 1. The number of hydrogen-bond donors (Lipinski definition) is 2. The smallest absolute Gasteiger partial charge is 0.253 e. The first-order valence-corrected chi connectivity index (χ1v) is 16.5. The zero-order valence-corrected chi connectivity index (χ0v) is 28.4. The fourth-order valence-corrected chi connectivity index (χ4v) is 8.82. The number of carbonyl (C=O) groups is 4. The molecule has 10 nitrogen and oxygen atoms in total. The van der Waals surface area contributed by atoms with Crippen molar-refractivity contribution in [1.29, 1.82) is 0 Å². The second-order valence-corrected chi connectivity index (χ2v) is 14.0. The second kappa shape index (κ2) is 12.0. The van der Waals surface area contributed by atoms with Gasteiger partial charge in [0, 0.05) is 24.3 Å². The number of likely N-dealkylation sites (tertiary alicyclic amines) is 1. The normalized spacial score (nSPS) is 29.1. The molecular weight excluding hydrogens is 669 g/mol. The summed E-state index contributed by atoms with van der Waals surface area (Å²) in [5.74, 6) is -4.93. The van der Waals surface area contributed by atoms with Crippen LogP contribution in [-0.4, -0.2) is 64.7 Å². The predicted molar refractivity (Wildman–Crippen MR) is 185 cm³/mol. The van der Waals surface area contributed by atoms with E-state index < -0.39 is 51.1 Å². The summed E-state index contributed by atoms with van der Waals surface area (Å²) in [6.45, 7) is 0. The van der Waals surface area contributed by atoms with E-state index in [1.807, 2.05) is 36.4 Å². The lowest BCUT2D eigenvalue weighted by Gasteiger charge is -2.49. The Morgan fingerprint density at radius 2 is 1.51 bits per heavy atom. The van der Waals surface area contributed by atoms with E-state index in [-0.39, 0.29) is 36.0 Å². The first-order valence-electron chi connectivity index (χ1n) is 15.8. The van der Waals surface area contributed by atoms with Gasteiger partial charge in [-0.3, -0.25) is 29.0 Å². The number of benzene rings is 3. The summed E-state index contributed by atoms with van der Waals surface area (Å²) in [4.78, 5) is 54.0. The highest BCUT2D eigenvalue weighted by atomic mass is 35.5. The Hall–Kier alpha value is -4.80. The Morgan fingerprint density at radius 1 is 0.878 bits per heavy atom. The van der Waals surface area contributed by atoms with E-state index in [1.165, 1.54) is 26.2 Å². The number of nitrogens with zero attached hydrogens (tertiary/aromatic N) is 2. The van der Waals surface area contributed by atoms with E-state index >= 15 is 0 Å². The molecule has 252 valence electrons. The molecule has 4 amide bonds. The first kappa shape index (κ1) is 32.7. The van der Waals surface area contributed by atoms with E-state index in [1.54, 1.807) is 48.6 Å². The van der Waals surface area contributed by atoms with Gasteiger partial charge in [0.25, 0.3) is 11.8 Å². The van der Waals surface area contributed by atoms with Crippen molar-refractivity contribution in [3.05, 3.63) is 90.0 Å². The first-order chi connectivity index (χ1) is 23.4. The van der Waals surface area contributed by atoms with Gasteiger partial charge in [-0.1, -0.05) is 42.0 Å². The van der Waals surface area contributed by atoms with Crippen LogP contribution in [0.25, 0.3) is 6.08 Å². The number of methoxy groups -OCH3 is 2.